The first kappa shape index (κ1) is 13.2. The topological polar surface area (TPSA) is 92.7 Å². The van der Waals surface area contributed by atoms with Gasteiger partial charge in [0.1, 0.15) is 17.1 Å². The van der Waals surface area contributed by atoms with Crippen molar-refractivity contribution in [2.45, 2.75) is 13.5 Å². The molecule has 0 saturated heterocycles. The van der Waals surface area contributed by atoms with E-state index in [-0.39, 0.29) is 28.7 Å². The summed E-state index contributed by atoms with van der Waals surface area (Å²) in [6.07, 6.45) is 1.30. The molecule has 0 unspecified atom stereocenters. The maximum Gasteiger partial charge on any atom is 0.339 e. The fourth-order valence-corrected chi connectivity index (χ4v) is 1.76. The monoisotopic (exact) mass is 283 g/mol. The molecule has 2 N–H and O–H groups in total. The van der Waals surface area contributed by atoms with E-state index in [1.165, 1.54) is 18.4 Å². The molecule has 19 heavy (non-hydrogen) atoms. The van der Waals surface area contributed by atoms with E-state index >= 15 is 0 Å². The van der Waals surface area contributed by atoms with E-state index in [9.17, 15) is 9.59 Å². The van der Waals surface area contributed by atoms with Crippen molar-refractivity contribution in [2.75, 3.05) is 0 Å². The zero-order valence-electron chi connectivity index (χ0n) is 9.90. The highest BCUT2D eigenvalue weighted by atomic mass is 35.5. The van der Waals surface area contributed by atoms with Crippen LogP contribution in [0.4, 0.5) is 0 Å². The van der Waals surface area contributed by atoms with Gasteiger partial charge in [-0.3, -0.25) is 4.79 Å². The van der Waals surface area contributed by atoms with Crippen LogP contribution in [0.25, 0.3) is 0 Å². The van der Waals surface area contributed by atoms with E-state index < -0.39 is 11.9 Å². The van der Waals surface area contributed by atoms with E-state index in [0.29, 0.717) is 5.76 Å². The molecule has 2 rings (SSSR count). The number of rotatable bonds is 4. The summed E-state index contributed by atoms with van der Waals surface area (Å²) in [5.41, 5.74) is 0.286. The molecule has 0 bridgehead atoms. The number of hydrogen-bond donors (Lipinski definition) is 2. The lowest BCUT2D eigenvalue weighted by molar-refractivity contribution is 0.0694. The van der Waals surface area contributed by atoms with Gasteiger partial charge in [0.25, 0.3) is 5.91 Å². The molecule has 0 aliphatic carbocycles. The number of aromatic carboxylic acids is 1. The summed E-state index contributed by atoms with van der Waals surface area (Å²) in [4.78, 5) is 22.5. The lowest BCUT2D eigenvalue weighted by atomic mass is 10.2. The van der Waals surface area contributed by atoms with Gasteiger partial charge in [0, 0.05) is 0 Å². The molecule has 0 aliphatic heterocycles. The normalized spacial score (nSPS) is 10.4. The van der Waals surface area contributed by atoms with Crippen LogP contribution in [0.1, 0.15) is 32.2 Å². The van der Waals surface area contributed by atoms with Gasteiger partial charge >= 0.3 is 5.97 Å². The van der Waals surface area contributed by atoms with Crippen molar-refractivity contribution in [3.8, 4) is 0 Å². The summed E-state index contributed by atoms with van der Waals surface area (Å²) in [7, 11) is 0. The molecular weight excluding hydrogens is 274 g/mol. The van der Waals surface area contributed by atoms with Crippen molar-refractivity contribution < 1.29 is 23.5 Å². The fraction of sp³-hybridized carbons (Fsp3) is 0.167. The molecule has 100 valence electrons. The van der Waals surface area contributed by atoms with Crippen molar-refractivity contribution in [1.29, 1.82) is 0 Å². The second-order valence-electron chi connectivity index (χ2n) is 3.78. The number of carboxylic acids is 1. The second kappa shape index (κ2) is 5.19. The van der Waals surface area contributed by atoms with Gasteiger partial charge in [-0.15, -0.1) is 0 Å². The highest BCUT2D eigenvalue weighted by Gasteiger charge is 2.16. The van der Waals surface area contributed by atoms with Crippen molar-refractivity contribution in [3.05, 3.63) is 46.3 Å². The van der Waals surface area contributed by atoms with Gasteiger partial charge in [0.2, 0.25) is 5.22 Å². The van der Waals surface area contributed by atoms with Crippen molar-refractivity contribution >= 4 is 23.5 Å². The van der Waals surface area contributed by atoms with Crippen molar-refractivity contribution in [3.63, 3.8) is 0 Å². The minimum atomic E-state index is -1.07. The molecule has 0 aliphatic rings. The van der Waals surface area contributed by atoms with E-state index in [1.54, 1.807) is 6.92 Å². The Morgan fingerprint density at radius 2 is 2.16 bits per heavy atom. The summed E-state index contributed by atoms with van der Waals surface area (Å²) in [6, 6.07) is 2.81. The van der Waals surface area contributed by atoms with Gasteiger partial charge in [0.15, 0.2) is 0 Å². The first-order valence-electron chi connectivity index (χ1n) is 5.33. The third kappa shape index (κ3) is 2.79. The Kier molecular flexibility index (Phi) is 3.62. The SMILES string of the molecule is Cc1oc(CNC(=O)c2ccoc2Cl)cc1C(=O)O. The Balaban J connectivity index is 2.03. The zero-order valence-corrected chi connectivity index (χ0v) is 10.7. The van der Waals surface area contributed by atoms with Crippen LogP contribution in [0.3, 0.4) is 0 Å². The highest BCUT2D eigenvalue weighted by Crippen LogP contribution is 2.17. The molecule has 0 atom stereocenters. The minimum Gasteiger partial charge on any atom is -0.478 e. The second-order valence-corrected chi connectivity index (χ2v) is 4.12. The van der Waals surface area contributed by atoms with E-state index in [4.69, 9.17) is 25.5 Å². The molecule has 2 aromatic heterocycles. The summed E-state index contributed by atoms with van der Waals surface area (Å²) >= 11 is 5.66. The van der Waals surface area contributed by atoms with Gasteiger partial charge in [0.05, 0.1) is 18.4 Å². The molecule has 0 aromatic carbocycles. The average molecular weight is 284 g/mol. The molecule has 1 amide bonds. The molecule has 0 saturated carbocycles. The molecule has 0 radical (unpaired) electrons. The van der Waals surface area contributed by atoms with Crippen molar-refractivity contribution in [1.82, 2.24) is 5.32 Å². The predicted octanol–water partition coefficient (Wildman–Crippen LogP) is 2.46. The zero-order chi connectivity index (χ0) is 14.0. The van der Waals surface area contributed by atoms with Gasteiger partial charge in [-0.25, -0.2) is 4.79 Å². The lowest BCUT2D eigenvalue weighted by Gasteiger charge is -2.00. The molecule has 0 spiro atoms. The van der Waals surface area contributed by atoms with Crippen molar-refractivity contribution in [2.24, 2.45) is 0 Å². The number of carboxylic acid groups (broad SMARTS) is 1. The number of aryl methyl sites for hydroxylation is 1. The highest BCUT2D eigenvalue weighted by molar-refractivity contribution is 6.32. The number of halogens is 1. The van der Waals surface area contributed by atoms with Crippen LogP contribution in [0, 0.1) is 6.92 Å². The van der Waals surface area contributed by atoms with Gasteiger partial charge in [-0.05, 0) is 30.7 Å². The first-order valence-corrected chi connectivity index (χ1v) is 5.70. The Labute approximate surface area is 113 Å². The quantitative estimate of drug-likeness (QED) is 0.899. The first-order chi connectivity index (χ1) is 8.99. The number of carbonyl (C=O) groups excluding carboxylic acids is 1. The molecule has 2 heterocycles. The van der Waals surface area contributed by atoms with Crippen LogP contribution in [0.5, 0.6) is 0 Å². The van der Waals surface area contributed by atoms with E-state index in [1.807, 2.05) is 0 Å². The van der Waals surface area contributed by atoms with E-state index in [2.05, 4.69) is 5.32 Å². The molecule has 2 aromatic rings. The molecule has 0 fully saturated rings. The number of carbonyl (C=O) groups is 2. The molecule has 7 heteroatoms. The maximum absolute atomic E-state index is 11.7. The van der Waals surface area contributed by atoms with Crippen LogP contribution < -0.4 is 5.32 Å². The van der Waals surface area contributed by atoms with Gasteiger partial charge in [-0.1, -0.05) is 0 Å². The van der Waals surface area contributed by atoms with Gasteiger partial charge < -0.3 is 19.3 Å². The number of amides is 1. The van der Waals surface area contributed by atoms with Crippen LogP contribution >= 0.6 is 11.6 Å². The van der Waals surface area contributed by atoms with Crippen LogP contribution in [0.15, 0.2) is 27.2 Å². The summed E-state index contributed by atoms with van der Waals surface area (Å²) in [5.74, 6) is -0.859. The average Bonchev–Trinajstić information content (AvgIpc) is 2.92. The number of hydrogen-bond acceptors (Lipinski definition) is 4. The largest absolute Gasteiger partial charge is 0.478 e. The lowest BCUT2D eigenvalue weighted by Crippen LogP contribution is -2.22. The number of furan rings is 2. The Bertz CT molecular complexity index is 628. The maximum atomic E-state index is 11.7. The molecule has 6 nitrogen and oxygen atoms in total. The Morgan fingerprint density at radius 3 is 2.68 bits per heavy atom. The Hall–Kier alpha value is -2.21. The fourth-order valence-electron chi connectivity index (χ4n) is 1.56. The Morgan fingerprint density at radius 1 is 1.42 bits per heavy atom. The third-order valence-corrected chi connectivity index (χ3v) is 2.78. The van der Waals surface area contributed by atoms with E-state index in [0.717, 1.165) is 0 Å². The predicted molar refractivity (Wildman–Crippen MR) is 65.3 cm³/mol. The van der Waals surface area contributed by atoms with Crippen LogP contribution in [-0.4, -0.2) is 17.0 Å². The van der Waals surface area contributed by atoms with Crippen LogP contribution in [0.2, 0.25) is 5.22 Å². The molecular formula is C12H10ClNO5. The summed E-state index contributed by atoms with van der Waals surface area (Å²) in [6.45, 7) is 1.61. The third-order valence-electron chi connectivity index (χ3n) is 2.48. The van der Waals surface area contributed by atoms with Crippen LogP contribution in [-0.2, 0) is 6.54 Å². The minimum absolute atomic E-state index is 0.000601. The standard InChI is InChI=1S/C12H10ClNO5/c1-6-9(12(16)17)4-7(19-6)5-14-11(15)8-2-3-18-10(8)13/h2-4H,5H2,1H3,(H,14,15)(H,16,17). The number of nitrogens with one attached hydrogen (secondary N) is 1. The smallest absolute Gasteiger partial charge is 0.339 e. The van der Waals surface area contributed by atoms with Gasteiger partial charge in [-0.2, -0.15) is 0 Å². The summed E-state index contributed by atoms with van der Waals surface area (Å²) < 4.78 is 10.0. The summed E-state index contributed by atoms with van der Waals surface area (Å²) in [5, 5.41) is 11.4.